The van der Waals surface area contributed by atoms with Gasteiger partial charge in [-0.25, -0.2) is 9.97 Å². The van der Waals surface area contributed by atoms with Gasteiger partial charge in [0.15, 0.2) is 0 Å². The van der Waals surface area contributed by atoms with Crippen molar-refractivity contribution >= 4 is 11.6 Å². The lowest BCUT2D eigenvalue weighted by Gasteiger charge is -2.32. The third-order valence-corrected chi connectivity index (χ3v) is 4.85. The maximum Gasteiger partial charge on any atom is 0.134 e. The van der Waals surface area contributed by atoms with Gasteiger partial charge in [-0.2, -0.15) is 0 Å². The van der Waals surface area contributed by atoms with Crippen LogP contribution in [0.5, 0.6) is 0 Å². The molecule has 3 rings (SSSR count). The summed E-state index contributed by atoms with van der Waals surface area (Å²) in [4.78, 5) is 14.3. The third kappa shape index (κ3) is 3.66. The van der Waals surface area contributed by atoms with Crippen molar-refractivity contribution in [3.63, 3.8) is 0 Å². The van der Waals surface area contributed by atoms with Gasteiger partial charge in [-0.3, -0.25) is 0 Å². The van der Waals surface area contributed by atoms with Crippen molar-refractivity contribution in [3.05, 3.63) is 11.9 Å². The molecule has 0 radical (unpaired) electrons. The molecule has 0 spiro atoms. The van der Waals surface area contributed by atoms with Gasteiger partial charge in [-0.05, 0) is 38.5 Å². The van der Waals surface area contributed by atoms with Gasteiger partial charge in [0.05, 0.1) is 0 Å². The molecule has 2 aliphatic heterocycles. The summed E-state index contributed by atoms with van der Waals surface area (Å²) in [6.07, 6.45) is 7.86. The largest absolute Gasteiger partial charge is 0.356 e. The van der Waals surface area contributed by atoms with Crippen LogP contribution in [0.3, 0.4) is 0 Å². The van der Waals surface area contributed by atoms with Gasteiger partial charge in [0.1, 0.15) is 17.5 Å². The highest BCUT2D eigenvalue weighted by Crippen LogP contribution is 2.25. The van der Waals surface area contributed by atoms with E-state index in [0.717, 1.165) is 49.6 Å². The number of aromatic nitrogens is 2. The van der Waals surface area contributed by atoms with E-state index in [9.17, 15) is 0 Å². The van der Waals surface area contributed by atoms with E-state index in [4.69, 9.17) is 4.98 Å². The van der Waals surface area contributed by atoms with Gasteiger partial charge in [0.2, 0.25) is 0 Å². The molecule has 2 fully saturated rings. The Bertz CT molecular complexity index is 458. The lowest BCUT2D eigenvalue weighted by molar-refractivity contribution is 0.436. The van der Waals surface area contributed by atoms with Gasteiger partial charge in [-0.1, -0.05) is 19.8 Å². The Hall–Kier alpha value is -1.32. The van der Waals surface area contributed by atoms with Crippen molar-refractivity contribution in [2.24, 2.45) is 5.92 Å². The SMILES string of the molecule is Cc1nc(N2CCCCCC2)cc(N2CCC(C)CC2)n1. The predicted octanol–water partition coefficient (Wildman–Crippen LogP) is 3.40. The van der Waals surface area contributed by atoms with Crippen LogP contribution in [0.15, 0.2) is 6.07 Å². The standard InChI is InChI=1S/C17H28N4/c1-14-7-11-21(12-8-14)17-13-16(18-15(2)19-17)20-9-5-3-4-6-10-20/h13-14H,3-12H2,1-2H3. The Morgan fingerprint density at radius 3 is 1.95 bits per heavy atom. The molecule has 0 aliphatic carbocycles. The first-order valence-corrected chi connectivity index (χ1v) is 8.58. The van der Waals surface area contributed by atoms with Crippen molar-refractivity contribution in [2.45, 2.75) is 52.4 Å². The van der Waals surface area contributed by atoms with E-state index in [-0.39, 0.29) is 0 Å². The van der Waals surface area contributed by atoms with Crippen LogP contribution in [0.1, 0.15) is 51.3 Å². The highest BCUT2D eigenvalue weighted by atomic mass is 15.2. The van der Waals surface area contributed by atoms with Crippen LogP contribution >= 0.6 is 0 Å². The Kier molecular flexibility index (Phi) is 4.61. The van der Waals surface area contributed by atoms with E-state index < -0.39 is 0 Å². The maximum absolute atomic E-state index is 4.70. The average Bonchev–Trinajstić information content (AvgIpc) is 2.76. The van der Waals surface area contributed by atoms with Crippen LogP contribution in [0, 0.1) is 12.8 Å². The fourth-order valence-electron chi connectivity index (χ4n) is 3.40. The molecule has 0 saturated carbocycles. The van der Waals surface area contributed by atoms with Gasteiger partial charge < -0.3 is 9.80 Å². The molecule has 4 nitrogen and oxygen atoms in total. The monoisotopic (exact) mass is 288 g/mol. The summed E-state index contributed by atoms with van der Waals surface area (Å²) in [7, 11) is 0. The smallest absolute Gasteiger partial charge is 0.134 e. The molecule has 3 heterocycles. The maximum atomic E-state index is 4.70. The van der Waals surface area contributed by atoms with Crippen LogP contribution in [-0.4, -0.2) is 36.1 Å². The topological polar surface area (TPSA) is 32.3 Å². The van der Waals surface area contributed by atoms with E-state index in [1.54, 1.807) is 0 Å². The lowest BCUT2D eigenvalue weighted by atomic mass is 9.99. The number of nitrogens with zero attached hydrogens (tertiary/aromatic N) is 4. The normalized spacial score (nSPS) is 21.4. The molecule has 0 unspecified atom stereocenters. The molecule has 0 atom stereocenters. The minimum atomic E-state index is 0.856. The molecule has 0 bridgehead atoms. The second-order valence-corrected chi connectivity index (χ2v) is 6.70. The number of anilines is 2. The predicted molar refractivity (Wildman–Crippen MR) is 88.1 cm³/mol. The quantitative estimate of drug-likeness (QED) is 0.835. The first-order valence-electron chi connectivity index (χ1n) is 8.58. The fraction of sp³-hybridized carbons (Fsp3) is 0.765. The van der Waals surface area contributed by atoms with E-state index in [2.05, 4.69) is 27.8 Å². The zero-order valence-corrected chi connectivity index (χ0v) is 13.5. The first kappa shape index (κ1) is 14.6. The number of hydrogen-bond donors (Lipinski definition) is 0. The minimum Gasteiger partial charge on any atom is -0.356 e. The van der Waals surface area contributed by atoms with Crippen molar-refractivity contribution in [3.8, 4) is 0 Å². The summed E-state index contributed by atoms with van der Waals surface area (Å²) in [5.74, 6) is 4.03. The molecule has 0 N–H and O–H groups in total. The van der Waals surface area contributed by atoms with Crippen molar-refractivity contribution in [2.75, 3.05) is 36.0 Å². The molecule has 2 aliphatic rings. The molecule has 4 heteroatoms. The second-order valence-electron chi connectivity index (χ2n) is 6.70. The molecule has 0 amide bonds. The first-order chi connectivity index (χ1) is 10.2. The summed E-state index contributed by atoms with van der Waals surface area (Å²) in [5.41, 5.74) is 0. The zero-order valence-electron chi connectivity index (χ0n) is 13.5. The lowest BCUT2D eigenvalue weighted by Crippen LogP contribution is -2.34. The summed E-state index contributed by atoms with van der Waals surface area (Å²) >= 11 is 0. The highest BCUT2D eigenvalue weighted by Gasteiger charge is 2.19. The van der Waals surface area contributed by atoms with Gasteiger partial charge in [0, 0.05) is 32.2 Å². The molecule has 0 aromatic carbocycles. The van der Waals surface area contributed by atoms with Crippen LogP contribution in [-0.2, 0) is 0 Å². The van der Waals surface area contributed by atoms with Crippen LogP contribution in [0.4, 0.5) is 11.6 Å². The highest BCUT2D eigenvalue weighted by molar-refractivity contribution is 5.51. The molecular weight excluding hydrogens is 260 g/mol. The second kappa shape index (κ2) is 6.63. The van der Waals surface area contributed by atoms with Crippen LogP contribution < -0.4 is 9.80 Å². The van der Waals surface area contributed by atoms with Crippen molar-refractivity contribution in [1.29, 1.82) is 0 Å². The van der Waals surface area contributed by atoms with Gasteiger partial charge in [-0.15, -0.1) is 0 Å². The van der Waals surface area contributed by atoms with E-state index in [0.29, 0.717) is 0 Å². The van der Waals surface area contributed by atoms with Gasteiger partial charge in [0.25, 0.3) is 0 Å². The zero-order chi connectivity index (χ0) is 14.7. The third-order valence-electron chi connectivity index (χ3n) is 4.85. The summed E-state index contributed by atoms with van der Waals surface area (Å²) in [5, 5.41) is 0. The molecule has 21 heavy (non-hydrogen) atoms. The number of hydrogen-bond acceptors (Lipinski definition) is 4. The molecule has 1 aromatic heterocycles. The Balaban J connectivity index is 1.78. The van der Waals surface area contributed by atoms with Crippen LogP contribution in [0.25, 0.3) is 0 Å². The summed E-state index contributed by atoms with van der Waals surface area (Å²) in [6.45, 7) is 8.94. The van der Waals surface area contributed by atoms with Crippen molar-refractivity contribution in [1.82, 2.24) is 9.97 Å². The number of rotatable bonds is 2. The Morgan fingerprint density at radius 1 is 0.857 bits per heavy atom. The fourth-order valence-corrected chi connectivity index (χ4v) is 3.40. The van der Waals surface area contributed by atoms with E-state index in [1.807, 2.05) is 6.92 Å². The molecule has 116 valence electrons. The number of aryl methyl sites for hydroxylation is 1. The van der Waals surface area contributed by atoms with Gasteiger partial charge >= 0.3 is 0 Å². The summed E-state index contributed by atoms with van der Waals surface area (Å²) < 4.78 is 0. The Morgan fingerprint density at radius 2 is 1.38 bits per heavy atom. The summed E-state index contributed by atoms with van der Waals surface area (Å²) in [6, 6.07) is 2.22. The molecule has 1 aromatic rings. The average molecular weight is 288 g/mol. The molecular formula is C17H28N4. The van der Waals surface area contributed by atoms with E-state index >= 15 is 0 Å². The number of piperidine rings is 1. The Labute approximate surface area is 128 Å². The van der Waals surface area contributed by atoms with E-state index in [1.165, 1.54) is 38.5 Å². The molecule has 2 saturated heterocycles. The minimum absolute atomic E-state index is 0.856. The van der Waals surface area contributed by atoms with Crippen LogP contribution in [0.2, 0.25) is 0 Å². The van der Waals surface area contributed by atoms with Crippen molar-refractivity contribution < 1.29 is 0 Å².